The molecule has 0 bridgehead atoms. The normalized spacial score (nSPS) is 29.7. The minimum Gasteiger partial charge on any atom is -0.374 e. The average molecular weight is 423 g/mol. The number of aliphatic imine (C=N–C) groups is 2. The predicted molar refractivity (Wildman–Crippen MR) is 121 cm³/mol. The summed E-state index contributed by atoms with van der Waals surface area (Å²) < 4.78 is 0. The van der Waals surface area contributed by atoms with E-state index in [0.29, 0.717) is 13.1 Å². The minimum absolute atomic E-state index is 0.103. The Bertz CT molecular complexity index is 640. The maximum absolute atomic E-state index is 10.3. The first-order valence-corrected chi connectivity index (χ1v) is 11.3. The topological polar surface area (TPSA) is 96.4 Å². The molecule has 8 nitrogen and oxygen atoms in total. The van der Waals surface area contributed by atoms with Crippen LogP contribution >= 0.6 is 0 Å². The summed E-state index contributed by atoms with van der Waals surface area (Å²) in [5.41, 5.74) is -1.52. The molecule has 0 radical (unpaired) electrons. The van der Waals surface area contributed by atoms with E-state index in [1.807, 2.05) is 9.80 Å². The van der Waals surface area contributed by atoms with Crippen molar-refractivity contribution in [3.63, 3.8) is 0 Å². The van der Waals surface area contributed by atoms with Gasteiger partial charge in [0.1, 0.15) is 24.1 Å². The summed E-state index contributed by atoms with van der Waals surface area (Å²) >= 11 is 0. The predicted octanol–water partition coefficient (Wildman–Crippen LogP) is 3.56. The second kappa shape index (κ2) is 8.91. The van der Waals surface area contributed by atoms with Crippen LogP contribution in [-0.4, -0.2) is 68.6 Å². The van der Waals surface area contributed by atoms with Crippen LogP contribution in [0.2, 0.25) is 0 Å². The molecule has 0 spiro atoms. The quantitative estimate of drug-likeness (QED) is 0.585. The lowest BCUT2D eigenvalue weighted by Gasteiger charge is -2.32. The van der Waals surface area contributed by atoms with Crippen molar-refractivity contribution in [3.8, 4) is 0 Å². The lowest BCUT2D eigenvalue weighted by atomic mass is 9.96. The molecular formula is C22H42N6O2. The zero-order chi connectivity index (χ0) is 23.0. The molecule has 4 unspecified atom stereocenters. The third-order valence-electron chi connectivity index (χ3n) is 6.19. The van der Waals surface area contributed by atoms with E-state index >= 15 is 0 Å². The first-order chi connectivity index (χ1) is 13.8. The first-order valence-electron chi connectivity index (χ1n) is 11.3. The Hall–Kier alpha value is -1.54. The summed E-state index contributed by atoms with van der Waals surface area (Å²) in [6.07, 6.45) is -1.27. The summed E-state index contributed by atoms with van der Waals surface area (Å²) in [5, 5.41) is 30.3. The molecule has 0 saturated carbocycles. The molecule has 4 atom stereocenters. The Morgan fingerprint density at radius 3 is 1.13 bits per heavy atom. The zero-order valence-electron chi connectivity index (χ0n) is 20.5. The van der Waals surface area contributed by atoms with Gasteiger partial charge in [0.25, 0.3) is 0 Å². The molecule has 30 heavy (non-hydrogen) atoms. The SMILES string of the molecule is CC(C)C1=NC(/N=N/C2(C(C)C)CN(C(C)O)C(C(C)C)=N2)(C(C)C)CN1C(C)O. The van der Waals surface area contributed by atoms with E-state index in [2.05, 4.69) is 55.4 Å². The van der Waals surface area contributed by atoms with Gasteiger partial charge in [-0.05, 0) is 13.8 Å². The summed E-state index contributed by atoms with van der Waals surface area (Å²) in [6.45, 7) is 21.2. The van der Waals surface area contributed by atoms with E-state index < -0.39 is 23.8 Å². The number of hydrogen-bond acceptors (Lipinski definition) is 8. The van der Waals surface area contributed by atoms with E-state index in [-0.39, 0.29) is 23.7 Å². The Morgan fingerprint density at radius 2 is 0.967 bits per heavy atom. The van der Waals surface area contributed by atoms with E-state index in [4.69, 9.17) is 20.2 Å². The van der Waals surface area contributed by atoms with Crippen LogP contribution in [0.15, 0.2) is 20.2 Å². The molecule has 0 aromatic heterocycles. The highest BCUT2D eigenvalue weighted by Gasteiger charge is 2.48. The Labute approximate surface area is 182 Å². The van der Waals surface area contributed by atoms with Crippen LogP contribution in [0.1, 0.15) is 69.2 Å². The van der Waals surface area contributed by atoms with Gasteiger partial charge < -0.3 is 20.0 Å². The van der Waals surface area contributed by atoms with Crippen LogP contribution in [0.4, 0.5) is 0 Å². The summed E-state index contributed by atoms with van der Waals surface area (Å²) in [5.74, 6) is 2.28. The maximum atomic E-state index is 10.3. The summed E-state index contributed by atoms with van der Waals surface area (Å²) in [4.78, 5) is 13.8. The minimum atomic E-state index is -0.760. The molecule has 0 saturated heterocycles. The first kappa shape index (κ1) is 24.7. The van der Waals surface area contributed by atoms with E-state index in [9.17, 15) is 10.2 Å². The van der Waals surface area contributed by atoms with Gasteiger partial charge in [-0.1, -0.05) is 55.4 Å². The van der Waals surface area contributed by atoms with Crippen LogP contribution in [0.25, 0.3) is 0 Å². The molecule has 2 rings (SSSR count). The van der Waals surface area contributed by atoms with Crippen LogP contribution in [0.5, 0.6) is 0 Å². The molecule has 0 fully saturated rings. The van der Waals surface area contributed by atoms with E-state index in [1.165, 1.54) is 0 Å². The lowest BCUT2D eigenvalue weighted by molar-refractivity contribution is 0.0542. The highest BCUT2D eigenvalue weighted by molar-refractivity contribution is 5.87. The standard InChI is InChI=1S/C22H42N6O2/c1-13(2)19-23-21(15(5)6,11-27(19)17(9)29)25-26-22(16(7)8)12-28(18(10)30)20(24-22)14(3)4/h13-18,29-30H,11-12H2,1-10H3/b26-25+. The van der Waals surface area contributed by atoms with E-state index in [1.54, 1.807) is 13.8 Å². The van der Waals surface area contributed by atoms with Gasteiger partial charge in [0.2, 0.25) is 0 Å². The van der Waals surface area contributed by atoms with E-state index in [0.717, 1.165) is 11.7 Å². The van der Waals surface area contributed by atoms with Crippen molar-refractivity contribution < 1.29 is 10.2 Å². The van der Waals surface area contributed by atoms with Gasteiger partial charge in [-0.25, -0.2) is 9.98 Å². The van der Waals surface area contributed by atoms with Gasteiger partial charge >= 0.3 is 0 Å². The largest absolute Gasteiger partial charge is 0.374 e. The van der Waals surface area contributed by atoms with Crippen molar-refractivity contribution in [2.24, 2.45) is 43.9 Å². The fourth-order valence-corrected chi connectivity index (χ4v) is 3.96. The Morgan fingerprint density at radius 1 is 0.667 bits per heavy atom. The molecule has 2 aliphatic heterocycles. The van der Waals surface area contributed by atoms with Crippen LogP contribution in [0, 0.1) is 23.7 Å². The molecule has 0 aromatic carbocycles. The highest BCUT2D eigenvalue weighted by atomic mass is 16.3. The lowest BCUT2D eigenvalue weighted by Crippen LogP contribution is -2.45. The number of amidine groups is 2. The van der Waals surface area contributed by atoms with Crippen molar-refractivity contribution >= 4 is 11.7 Å². The molecule has 2 aliphatic rings. The van der Waals surface area contributed by atoms with Gasteiger partial charge in [-0.3, -0.25) is 0 Å². The average Bonchev–Trinajstić information content (AvgIpc) is 3.21. The molecule has 2 N–H and O–H groups in total. The fraction of sp³-hybridized carbons (Fsp3) is 0.909. The molecule has 2 heterocycles. The molecular weight excluding hydrogens is 380 g/mol. The summed E-state index contributed by atoms with van der Waals surface area (Å²) in [7, 11) is 0. The third kappa shape index (κ3) is 4.54. The maximum Gasteiger partial charge on any atom is 0.192 e. The molecule has 0 aromatic rings. The Balaban J connectivity index is 2.51. The highest BCUT2D eigenvalue weighted by Crippen LogP contribution is 2.38. The smallest absolute Gasteiger partial charge is 0.192 e. The van der Waals surface area contributed by atoms with Gasteiger partial charge in [0, 0.05) is 23.7 Å². The summed E-state index contributed by atoms with van der Waals surface area (Å²) in [6, 6.07) is 0. The number of rotatable bonds is 8. The number of aliphatic hydroxyl groups excluding tert-OH is 2. The van der Waals surface area contributed by atoms with Crippen LogP contribution < -0.4 is 0 Å². The third-order valence-corrected chi connectivity index (χ3v) is 6.19. The molecule has 0 aliphatic carbocycles. The van der Waals surface area contributed by atoms with Crippen molar-refractivity contribution in [2.45, 2.75) is 93.0 Å². The van der Waals surface area contributed by atoms with Crippen molar-refractivity contribution in [3.05, 3.63) is 0 Å². The van der Waals surface area contributed by atoms with Crippen LogP contribution in [-0.2, 0) is 0 Å². The molecule has 0 amide bonds. The Kier molecular flexibility index (Phi) is 7.34. The number of nitrogens with zero attached hydrogens (tertiary/aromatic N) is 6. The van der Waals surface area contributed by atoms with Crippen LogP contribution in [0.3, 0.4) is 0 Å². The van der Waals surface area contributed by atoms with Gasteiger partial charge in [0.05, 0.1) is 13.1 Å². The number of aliphatic hydroxyl groups is 2. The fourth-order valence-electron chi connectivity index (χ4n) is 3.96. The number of hydrogen-bond donors (Lipinski definition) is 2. The van der Waals surface area contributed by atoms with Crippen molar-refractivity contribution in [1.82, 2.24) is 9.80 Å². The van der Waals surface area contributed by atoms with Crippen molar-refractivity contribution in [2.75, 3.05) is 13.1 Å². The van der Waals surface area contributed by atoms with Gasteiger partial charge in [-0.2, -0.15) is 10.2 Å². The second-order valence-corrected chi connectivity index (χ2v) is 10.0. The second-order valence-electron chi connectivity index (χ2n) is 10.0. The van der Waals surface area contributed by atoms with Crippen molar-refractivity contribution in [1.29, 1.82) is 0 Å². The van der Waals surface area contributed by atoms with Gasteiger partial charge in [0.15, 0.2) is 11.3 Å². The monoisotopic (exact) mass is 422 g/mol. The number of azo groups is 1. The molecule has 8 heteroatoms. The van der Waals surface area contributed by atoms with Gasteiger partial charge in [-0.15, -0.1) is 0 Å². The zero-order valence-corrected chi connectivity index (χ0v) is 20.5. The molecule has 172 valence electrons.